The molecule has 66 valence electrons. The lowest BCUT2D eigenvalue weighted by Gasteiger charge is -2.08. The molecule has 1 rings (SSSR count). The summed E-state index contributed by atoms with van der Waals surface area (Å²) in [6.45, 7) is 4.89. The molecule has 0 aliphatic rings. The van der Waals surface area contributed by atoms with Gasteiger partial charge in [-0.2, -0.15) is 0 Å². The maximum absolute atomic E-state index is 5.59. The highest BCUT2D eigenvalue weighted by Crippen LogP contribution is 2.13. The van der Waals surface area contributed by atoms with Gasteiger partial charge in [0.1, 0.15) is 5.82 Å². The second-order valence-electron chi connectivity index (χ2n) is 2.96. The van der Waals surface area contributed by atoms with E-state index in [-0.39, 0.29) is 0 Å². The molecule has 3 nitrogen and oxygen atoms in total. The summed E-state index contributed by atoms with van der Waals surface area (Å²) >= 11 is 0. The average molecular weight is 165 g/mol. The van der Waals surface area contributed by atoms with Crippen LogP contribution in [0.4, 0.5) is 5.82 Å². The largest absolute Gasteiger partial charge is 0.384 e. The van der Waals surface area contributed by atoms with Crippen molar-refractivity contribution in [3.8, 4) is 0 Å². The van der Waals surface area contributed by atoms with Gasteiger partial charge in [0.2, 0.25) is 0 Å². The molecule has 1 aromatic rings. The summed E-state index contributed by atoms with van der Waals surface area (Å²) in [5.74, 6) is 0.602. The Labute approximate surface area is 73.0 Å². The summed E-state index contributed by atoms with van der Waals surface area (Å²) in [4.78, 5) is 4.19. The smallest absolute Gasteiger partial charge is 0.123 e. The molecule has 3 N–H and O–H groups in total. The molecule has 0 fully saturated rings. The van der Waals surface area contributed by atoms with Crippen LogP contribution in [0.25, 0.3) is 0 Å². The van der Waals surface area contributed by atoms with Gasteiger partial charge in [0, 0.05) is 12.2 Å². The van der Waals surface area contributed by atoms with E-state index in [1.165, 1.54) is 11.1 Å². The Bertz CT molecular complexity index is 258. The van der Waals surface area contributed by atoms with Crippen molar-refractivity contribution in [1.82, 2.24) is 10.3 Å². The number of pyridine rings is 1. The van der Waals surface area contributed by atoms with Crippen molar-refractivity contribution in [3.63, 3.8) is 0 Å². The molecular formula is C9H15N3. The number of nitrogens with one attached hydrogen (secondary N) is 1. The van der Waals surface area contributed by atoms with Crippen LogP contribution in [0.1, 0.15) is 16.8 Å². The van der Waals surface area contributed by atoms with Gasteiger partial charge in [-0.1, -0.05) is 0 Å². The zero-order valence-corrected chi connectivity index (χ0v) is 7.81. The highest BCUT2D eigenvalue weighted by atomic mass is 14.9. The molecule has 3 heteroatoms. The van der Waals surface area contributed by atoms with Crippen molar-refractivity contribution in [2.24, 2.45) is 0 Å². The first-order chi connectivity index (χ1) is 5.65. The first-order valence-electron chi connectivity index (χ1n) is 4.02. The quantitative estimate of drug-likeness (QED) is 0.687. The minimum absolute atomic E-state index is 0.602. The Balaban J connectivity index is 3.10. The molecule has 0 saturated carbocycles. The van der Waals surface area contributed by atoms with Crippen LogP contribution in [0.15, 0.2) is 6.07 Å². The van der Waals surface area contributed by atoms with Gasteiger partial charge in [0.25, 0.3) is 0 Å². The molecule has 0 aromatic carbocycles. The third-order valence-corrected chi connectivity index (χ3v) is 1.93. The molecule has 0 aliphatic heterocycles. The summed E-state index contributed by atoms with van der Waals surface area (Å²) < 4.78 is 0. The SMILES string of the molecule is CNCc1c(C)cc(N)nc1C. The lowest BCUT2D eigenvalue weighted by Crippen LogP contribution is -2.10. The fourth-order valence-electron chi connectivity index (χ4n) is 1.33. The highest BCUT2D eigenvalue weighted by molar-refractivity contribution is 5.40. The second kappa shape index (κ2) is 3.54. The van der Waals surface area contributed by atoms with E-state index in [0.29, 0.717) is 5.82 Å². The Kier molecular flexibility index (Phi) is 2.65. The first kappa shape index (κ1) is 9.00. The van der Waals surface area contributed by atoms with Gasteiger partial charge in [0.05, 0.1) is 0 Å². The summed E-state index contributed by atoms with van der Waals surface area (Å²) in [6.07, 6.45) is 0. The second-order valence-corrected chi connectivity index (χ2v) is 2.96. The summed E-state index contributed by atoms with van der Waals surface area (Å²) in [5.41, 5.74) is 9.05. The van der Waals surface area contributed by atoms with Gasteiger partial charge in [-0.25, -0.2) is 4.98 Å². The van der Waals surface area contributed by atoms with E-state index in [1.54, 1.807) is 0 Å². The lowest BCUT2D eigenvalue weighted by atomic mass is 10.1. The standard InChI is InChI=1S/C9H15N3/c1-6-4-9(10)12-7(2)8(6)5-11-3/h4,11H,5H2,1-3H3,(H2,10,12). The zero-order valence-electron chi connectivity index (χ0n) is 7.81. The van der Waals surface area contributed by atoms with Crippen LogP contribution < -0.4 is 11.1 Å². The molecule has 0 unspecified atom stereocenters. The van der Waals surface area contributed by atoms with Gasteiger partial charge >= 0.3 is 0 Å². The molecule has 0 saturated heterocycles. The van der Waals surface area contributed by atoms with E-state index >= 15 is 0 Å². The van der Waals surface area contributed by atoms with Crippen LogP contribution in [0.3, 0.4) is 0 Å². The molecular weight excluding hydrogens is 150 g/mol. The van der Waals surface area contributed by atoms with E-state index in [9.17, 15) is 0 Å². The van der Waals surface area contributed by atoms with Gasteiger partial charge in [-0.15, -0.1) is 0 Å². The van der Waals surface area contributed by atoms with Crippen molar-refractivity contribution >= 4 is 5.82 Å². The maximum atomic E-state index is 5.59. The fourth-order valence-corrected chi connectivity index (χ4v) is 1.33. The van der Waals surface area contributed by atoms with E-state index in [4.69, 9.17) is 5.73 Å². The van der Waals surface area contributed by atoms with Crippen LogP contribution in [-0.2, 0) is 6.54 Å². The molecule has 1 aromatic heterocycles. The molecule has 0 atom stereocenters. The summed E-state index contributed by atoms with van der Waals surface area (Å²) in [6, 6.07) is 1.90. The van der Waals surface area contributed by atoms with Crippen molar-refractivity contribution < 1.29 is 0 Å². The minimum Gasteiger partial charge on any atom is -0.384 e. The number of anilines is 1. The van der Waals surface area contributed by atoms with Gasteiger partial charge < -0.3 is 11.1 Å². The van der Waals surface area contributed by atoms with Crippen LogP contribution >= 0.6 is 0 Å². The zero-order chi connectivity index (χ0) is 9.14. The Morgan fingerprint density at radius 1 is 1.50 bits per heavy atom. The monoisotopic (exact) mass is 165 g/mol. The first-order valence-corrected chi connectivity index (χ1v) is 4.02. The van der Waals surface area contributed by atoms with E-state index in [1.807, 2.05) is 20.0 Å². The van der Waals surface area contributed by atoms with Gasteiger partial charge in [-0.05, 0) is 38.1 Å². The number of aromatic nitrogens is 1. The molecule has 12 heavy (non-hydrogen) atoms. The van der Waals surface area contributed by atoms with Crippen LogP contribution in [0, 0.1) is 13.8 Å². The number of nitrogen functional groups attached to an aromatic ring is 1. The molecule has 0 spiro atoms. The Hall–Kier alpha value is -1.09. The third kappa shape index (κ3) is 1.74. The number of hydrogen-bond donors (Lipinski definition) is 2. The minimum atomic E-state index is 0.602. The molecule has 1 heterocycles. The predicted molar refractivity (Wildman–Crippen MR) is 50.9 cm³/mol. The van der Waals surface area contributed by atoms with Gasteiger partial charge in [0.15, 0.2) is 0 Å². The van der Waals surface area contributed by atoms with E-state index < -0.39 is 0 Å². The maximum Gasteiger partial charge on any atom is 0.123 e. The summed E-state index contributed by atoms with van der Waals surface area (Å²) in [7, 11) is 1.93. The van der Waals surface area contributed by atoms with Crippen molar-refractivity contribution in [3.05, 3.63) is 22.9 Å². The van der Waals surface area contributed by atoms with Crippen LogP contribution in [0.5, 0.6) is 0 Å². The number of hydrogen-bond acceptors (Lipinski definition) is 3. The van der Waals surface area contributed by atoms with Crippen LogP contribution in [0.2, 0.25) is 0 Å². The molecule has 0 bridgehead atoms. The van der Waals surface area contributed by atoms with Crippen molar-refractivity contribution in [2.75, 3.05) is 12.8 Å². The number of rotatable bonds is 2. The third-order valence-electron chi connectivity index (χ3n) is 1.93. The molecule has 0 amide bonds. The molecule has 0 radical (unpaired) electrons. The highest BCUT2D eigenvalue weighted by Gasteiger charge is 2.03. The topological polar surface area (TPSA) is 50.9 Å². The summed E-state index contributed by atoms with van der Waals surface area (Å²) in [5, 5.41) is 3.10. The van der Waals surface area contributed by atoms with E-state index in [2.05, 4.69) is 17.2 Å². The Morgan fingerprint density at radius 2 is 2.17 bits per heavy atom. The lowest BCUT2D eigenvalue weighted by molar-refractivity contribution is 0.798. The molecule has 0 aliphatic carbocycles. The van der Waals surface area contributed by atoms with Crippen LogP contribution in [-0.4, -0.2) is 12.0 Å². The average Bonchev–Trinajstić information content (AvgIpc) is 1.96. The fraction of sp³-hybridized carbons (Fsp3) is 0.444. The van der Waals surface area contributed by atoms with Crippen molar-refractivity contribution in [1.29, 1.82) is 0 Å². The normalized spacial score (nSPS) is 10.2. The number of aryl methyl sites for hydroxylation is 2. The number of nitrogens with zero attached hydrogens (tertiary/aromatic N) is 1. The van der Waals surface area contributed by atoms with Gasteiger partial charge in [-0.3, -0.25) is 0 Å². The Morgan fingerprint density at radius 3 is 2.67 bits per heavy atom. The predicted octanol–water partition coefficient (Wildman–Crippen LogP) is 1.00. The van der Waals surface area contributed by atoms with E-state index in [0.717, 1.165) is 12.2 Å². The van der Waals surface area contributed by atoms with Crippen molar-refractivity contribution in [2.45, 2.75) is 20.4 Å². The number of nitrogens with two attached hydrogens (primary N) is 1.